The number of methoxy groups -OCH3 is 2. The van der Waals surface area contributed by atoms with E-state index >= 15 is 0 Å². The van der Waals surface area contributed by atoms with Crippen LogP contribution in [0.25, 0.3) is 0 Å². The van der Waals surface area contributed by atoms with Crippen LogP contribution in [0.1, 0.15) is 45.1 Å². The zero-order valence-corrected chi connectivity index (χ0v) is 16.6. The van der Waals surface area contributed by atoms with Crippen LogP contribution in [0.2, 0.25) is 0 Å². The molecule has 0 saturated heterocycles. The normalized spacial score (nSPS) is 15.7. The molecular formula is C22H25NO5. The third-order valence-electron chi connectivity index (χ3n) is 5.24. The molecule has 0 aromatic heterocycles. The van der Waals surface area contributed by atoms with Crippen molar-refractivity contribution < 1.29 is 24.2 Å². The van der Waals surface area contributed by atoms with Crippen LogP contribution in [0.5, 0.6) is 11.5 Å². The average Bonchev–Trinajstić information content (AvgIpc) is 2.66. The zero-order valence-electron chi connectivity index (χ0n) is 16.6. The van der Waals surface area contributed by atoms with Gasteiger partial charge in [0.2, 0.25) is 0 Å². The Morgan fingerprint density at radius 2 is 1.79 bits per heavy atom. The van der Waals surface area contributed by atoms with E-state index in [-0.39, 0.29) is 12.3 Å². The highest BCUT2D eigenvalue weighted by Crippen LogP contribution is 2.40. The molecule has 1 aliphatic heterocycles. The van der Waals surface area contributed by atoms with Crippen molar-refractivity contribution in [2.75, 3.05) is 20.8 Å². The topological polar surface area (TPSA) is 76.1 Å². The van der Waals surface area contributed by atoms with E-state index in [0.717, 1.165) is 22.3 Å². The molecule has 1 heterocycles. The Balaban J connectivity index is 2.05. The van der Waals surface area contributed by atoms with Crippen LogP contribution in [0.4, 0.5) is 0 Å². The van der Waals surface area contributed by atoms with Crippen LogP contribution in [-0.4, -0.2) is 42.6 Å². The van der Waals surface area contributed by atoms with Crippen molar-refractivity contribution in [2.45, 2.75) is 32.7 Å². The van der Waals surface area contributed by atoms with E-state index < -0.39 is 12.0 Å². The first kappa shape index (κ1) is 19.7. The Hall–Kier alpha value is -3.02. The van der Waals surface area contributed by atoms with E-state index in [9.17, 15) is 14.7 Å². The highest BCUT2D eigenvalue weighted by molar-refractivity contribution is 5.96. The Morgan fingerprint density at radius 1 is 1.11 bits per heavy atom. The third-order valence-corrected chi connectivity index (χ3v) is 5.24. The van der Waals surface area contributed by atoms with Gasteiger partial charge in [0.15, 0.2) is 11.5 Å². The van der Waals surface area contributed by atoms with E-state index in [0.29, 0.717) is 30.0 Å². The largest absolute Gasteiger partial charge is 0.493 e. The minimum Gasteiger partial charge on any atom is -0.493 e. The SMILES string of the molecule is COc1cc2c(cc1OC)C(CC(=O)O)N(C(=O)c1ccc(C)cc1C)CC2. The lowest BCUT2D eigenvalue weighted by Crippen LogP contribution is -2.41. The molecule has 1 aliphatic rings. The summed E-state index contributed by atoms with van der Waals surface area (Å²) in [6, 6.07) is 8.79. The van der Waals surface area contributed by atoms with Gasteiger partial charge in [-0.05, 0) is 55.2 Å². The van der Waals surface area contributed by atoms with Crippen LogP contribution in [0.3, 0.4) is 0 Å². The molecular weight excluding hydrogens is 358 g/mol. The maximum Gasteiger partial charge on any atom is 0.305 e. The molecule has 2 aromatic carbocycles. The molecule has 2 aromatic rings. The van der Waals surface area contributed by atoms with Gasteiger partial charge in [-0.1, -0.05) is 17.7 Å². The standard InChI is InChI=1S/C22H25NO5/c1-13-5-6-16(14(2)9-13)22(26)23-8-7-15-10-19(27-3)20(28-4)11-17(15)18(23)12-21(24)25/h5-6,9-11,18H,7-8,12H2,1-4H3,(H,24,25). The molecule has 3 rings (SSSR count). The van der Waals surface area contributed by atoms with Crippen molar-refractivity contribution in [2.24, 2.45) is 0 Å². The number of carboxylic acids is 1. The van der Waals surface area contributed by atoms with Gasteiger partial charge in [-0.3, -0.25) is 9.59 Å². The smallest absolute Gasteiger partial charge is 0.305 e. The molecule has 0 bridgehead atoms. The molecule has 0 fully saturated rings. The van der Waals surface area contributed by atoms with Gasteiger partial charge in [0.25, 0.3) is 5.91 Å². The van der Waals surface area contributed by atoms with Crippen LogP contribution >= 0.6 is 0 Å². The number of amides is 1. The number of rotatable bonds is 5. The number of aryl methyl sites for hydroxylation is 2. The zero-order chi connectivity index (χ0) is 20.4. The predicted octanol–water partition coefficient (Wildman–Crippen LogP) is 3.53. The van der Waals surface area contributed by atoms with Crippen molar-refractivity contribution in [1.82, 2.24) is 4.90 Å². The summed E-state index contributed by atoms with van der Waals surface area (Å²) >= 11 is 0. The Kier molecular flexibility index (Phi) is 5.58. The van der Waals surface area contributed by atoms with Crippen molar-refractivity contribution in [3.63, 3.8) is 0 Å². The fourth-order valence-corrected chi connectivity index (χ4v) is 3.87. The second-order valence-corrected chi connectivity index (χ2v) is 7.09. The minimum absolute atomic E-state index is 0.149. The Bertz CT molecular complexity index is 921. The van der Waals surface area contributed by atoms with Crippen molar-refractivity contribution in [1.29, 1.82) is 0 Å². The summed E-state index contributed by atoms with van der Waals surface area (Å²) in [7, 11) is 3.11. The van der Waals surface area contributed by atoms with E-state index in [1.165, 1.54) is 7.11 Å². The van der Waals surface area contributed by atoms with E-state index in [1.54, 1.807) is 18.1 Å². The second-order valence-electron chi connectivity index (χ2n) is 7.09. The van der Waals surface area contributed by atoms with Crippen molar-refractivity contribution in [3.05, 3.63) is 58.1 Å². The summed E-state index contributed by atoms with van der Waals surface area (Å²) in [5.74, 6) is 0.0252. The van der Waals surface area contributed by atoms with Crippen molar-refractivity contribution in [3.8, 4) is 11.5 Å². The molecule has 0 spiro atoms. The fourth-order valence-electron chi connectivity index (χ4n) is 3.87. The van der Waals surface area contributed by atoms with Crippen LogP contribution < -0.4 is 9.47 Å². The fraction of sp³-hybridized carbons (Fsp3) is 0.364. The van der Waals surface area contributed by atoms with Gasteiger partial charge < -0.3 is 19.5 Å². The van der Waals surface area contributed by atoms with Gasteiger partial charge in [-0.25, -0.2) is 0 Å². The van der Waals surface area contributed by atoms with Crippen molar-refractivity contribution >= 4 is 11.9 Å². The molecule has 28 heavy (non-hydrogen) atoms. The quantitative estimate of drug-likeness (QED) is 0.855. The molecule has 0 radical (unpaired) electrons. The summed E-state index contributed by atoms with van der Waals surface area (Å²) in [4.78, 5) is 26.5. The number of hydrogen-bond donors (Lipinski definition) is 1. The molecule has 6 nitrogen and oxygen atoms in total. The van der Waals surface area contributed by atoms with Gasteiger partial charge in [-0.2, -0.15) is 0 Å². The maximum atomic E-state index is 13.3. The van der Waals surface area contributed by atoms with Gasteiger partial charge in [0, 0.05) is 12.1 Å². The third kappa shape index (κ3) is 3.67. The van der Waals surface area contributed by atoms with Crippen LogP contribution in [-0.2, 0) is 11.2 Å². The summed E-state index contributed by atoms with van der Waals surface area (Å²) in [6.07, 6.45) is 0.460. The molecule has 1 N–H and O–H groups in total. The van der Waals surface area contributed by atoms with Gasteiger partial charge in [0.05, 0.1) is 26.7 Å². The molecule has 1 amide bonds. The van der Waals surface area contributed by atoms with Gasteiger partial charge in [-0.15, -0.1) is 0 Å². The average molecular weight is 383 g/mol. The second kappa shape index (κ2) is 7.92. The number of ether oxygens (including phenoxy) is 2. The highest BCUT2D eigenvalue weighted by Gasteiger charge is 2.34. The molecule has 6 heteroatoms. The van der Waals surface area contributed by atoms with Crippen LogP contribution in [0, 0.1) is 13.8 Å². The minimum atomic E-state index is -0.953. The number of carboxylic acid groups (broad SMARTS) is 1. The number of fused-ring (bicyclic) bond motifs is 1. The van der Waals surface area contributed by atoms with Gasteiger partial charge in [0.1, 0.15) is 0 Å². The summed E-state index contributed by atoms with van der Waals surface area (Å²) in [6.45, 7) is 4.33. The number of benzene rings is 2. The molecule has 148 valence electrons. The first-order valence-corrected chi connectivity index (χ1v) is 9.20. The number of aliphatic carboxylic acids is 1. The monoisotopic (exact) mass is 383 g/mol. The van der Waals surface area contributed by atoms with Crippen LogP contribution in [0.15, 0.2) is 30.3 Å². The first-order chi connectivity index (χ1) is 13.3. The Labute approximate surface area is 164 Å². The lowest BCUT2D eigenvalue weighted by Gasteiger charge is -2.37. The van der Waals surface area contributed by atoms with E-state index in [2.05, 4.69) is 0 Å². The predicted molar refractivity (Wildman–Crippen MR) is 105 cm³/mol. The lowest BCUT2D eigenvalue weighted by atomic mass is 9.89. The number of carbonyl (C=O) groups is 2. The molecule has 0 saturated carbocycles. The van der Waals surface area contributed by atoms with E-state index in [1.807, 2.05) is 38.1 Å². The highest BCUT2D eigenvalue weighted by atomic mass is 16.5. The molecule has 0 aliphatic carbocycles. The number of nitrogens with zero attached hydrogens (tertiary/aromatic N) is 1. The Morgan fingerprint density at radius 3 is 2.39 bits per heavy atom. The summed E-state index contributed by atoms with van der Waals surface area (Å²) in [5, 5.41) is 9.49. The number of hydrogen-bond acceptors (Lipinski definition) is 4. The molecule has 1 unspecified atom stereocenters. The summed E-state index contributed by atoms with van der Waals surface area (Å²) in [5.41, 5.74) is 4.34. The molecule has 1 atom stereocenters. The van der Waals surface area contributed by atoms with Gasteiger partial charge >= 0.3 is 5.97 Å². The first-order valence-electron chi connectivity index (χ1n) is 9.20. The van der Waals surface area contributed by atoms with E-state index in [4.69, 9.17) is 9.47 Å². The summed E-state index contributed by atoms with van der Waals surface area (Å²) < 4.78 is 10.8. The lowest BCUT2D eigenvalue weighted by molar-refractivity contribution is -0.138. The number of carbonyl (C=O) groups excluding carboxylic acids is 1. The maximum absolute atomic E-state index is 13.3.